The predicted octanol–water partition coefficient (Wildman–Crippen LogP) is 2.40. The number of fused-ring (bicyclic) bond motifs is 1. The lowest BCUT2D eigenvalue weighted by Crippen LogP contribution is -2.18. The van der Waals surface area contributed by atoms with E-state index < -0.39 is 10.0 Å². The first-order chi connectivity index (χ1) is 13.4. The van der Waals surface area contributed by atoms with Crippen LogP contribution in [-0.2, 0) is 21.2 Å². The first-order valence-electron chi connectivity index (χ1n) is 8.21. The van der Waals surface area contributed by atoms with Crippen LogP contribution in [0, 0.1) is 0 Å². The summed E-state index contributed by atoms with van der Waals surface area (Å²) in [4.78, 5) is 16.8. The average molecular weight is 422 g/mol. The van der Waals surface area contributed by atoms with Crippen molar-refractivity contribution in [3.05, 3.63) is 42.0 Å². The zero-order chi connectivity index (χ0) is 20.3. The van der Waals surface area contributed by atoms with Crippen LogP contribution in [0.3, 0.4) is 0 Å². The number of hydrogen-bond donors (Lipinski definition) is 2. The largest absolute Gasteiger partial charge is 0.493 e. The number of thiazole rings is 1. The molecule has 0 unspecified atom stereocenters. The van der Waals surface area contributed by atoms with Crippen molar-refractivity contribution in [2.24, 2.45) is 0 Å². The van der Waals surface area contributed by atoms with Crippen molar-refractivity contribution in [1.82, 2.24) is 9.71 Å². The maximum absolute atomic E-state index is 12.4. The lowest BCUT2D eigenvalue weighted by atomic mass is 10.1. The highest BCUT2D eigenvalue weighted by molar-refractivity contribution is 7.89. The van der Waals surface area contributed by atoms with E-state index in [4.69, 9.17) is 9.47 Å². The van der Waals surface area contributed by atoms with Crippen LogP contribution in [0.1, 0.15) is 5.56 Å². The van der Waals surface area contributed by atoms with Crippen LogP contribution in [0.2, 0.25) is 0 Å². The van der Waals surface area contributed by atoms with Crippen molar-refractivity contribution in [1.29, 1.82) is 0 Å². The standard InChI is InChI=1S/C18H19N3O5S2/c1-19-28(23,24)12-5-6-13-16(10-12)27-18(20-13)21-17(22)9-11-4-7-14(25-2)15(8-11)26-3/h4-8,10,19H,9H2,1-3H3,(H,20,21,22). The van der Waals surface area contributed by atoms with Gasteiger partial charge in [-0.3, -0.25) is 4.79 Å². The van der Waals surface area contributed by atoms with E-state index in [1.807, 2.05) is 0 Å². The Bertz CT molecular complexity index is 1130. The molecule has 0 aliphatic carbocycles. The number of nitrogens with one attached hydrogen (secondary N) is 2. The molecule has 0 fully saturated rings. The van der Waals surface area contributed by atoms with E-state index in [0.717, 1.165) is 5.56 Å². The Kier molecular flexibility index (Phi) is 5.82. The van der Waals surface area contributed by atoms with Gasteiger partial charge in [0, 0.05) is 0 Å². The lowest BCUT2D eigenvalue weighted by Gasteiger charge is -2.09. The Balaban J connectivity index is 1.76. The maximum atomic E-state index is 12.4. The normalized spacial score (nSPS) is 11.4. The Labute approximate surface area is 166 Å². The predicted molar refractivity (Wildman–Crippen MR) is 108 cm³/mol. The van der Waals surface area contributed by atoms with Gasteiger partial charge in [-0.25, -0.2) is 18.1 Å². The minimum atomic E-state index is -3.54. The van der Waals surface area contributed by atoms with Gasteiger partial charge in [-0.15, -0.1) is 0 Å². The van der Waals surface area contributed by atoms with E-state index in [1.54, 1.807) is 31.4 Å². The van der Waals surface area contributed by atoms with Crippen molar-refractivity contribution in [3.8, 4) is 11.5 Å². The van der Waals surface area contributed by atoms with Crippen LogP contribution in [0.25, 0.3) is 10.2 Å². The van der Waals surface area contributed by atoms with Crippen LogP contribution < -0.4 is 19.5 Å². The zero-order valence-corrected chi connectivity index (χ0v) is 17.1. The number of amides is 1. The molecule has 2 aromatic carbocycles. The van der Waals surface area contributed by atoms with Crippen molar-refractivity contribution >= 4 is 42.6 Å². The Morgan fingerprint density at radius 3 is 2.54 bits per heavy atom. The summed E-state index contributed by atoms with van der Waals surface area (Å²) in [5.41, 5.74) is 1.38. The summed E-state index contributed by atoms with van der Waals surface area (Å²) in [6.07, 6.45) is 0.135. The number of sulfonamides is 1. The topological polar surface area (TPSA) is 107 Å². The van der Waals surface area contributed by atoms with E-state index in [1.165, 1.54) is 37.6 Å². The molecular weight excluding hydrogens is 402 g/mol. The number of aromatic nitrogens is 1. The van der Waals surface area contributed by atoms with Crippen LogP contribution in [0.4, 0.5) is 5.13 Å². The highest BCUT2D eigenvalue weighted by Gasteiger charge is 2.15. The summed E-state index contributed by atoms with van der Waals surface area (Å²) in [6, 6.07) is 9.88. The van der Waals surface area contributed by atoms with E-state index in [-0.39, 0.29) is 17.2 Å². The molecule has 0 spiro atoms. The summed E-state index contributed by atoms with van der Waals surface area (Å²) in [5, 5.41) is 3.15. The molecule has 8 nitrogen and oxygen atoms in total. The Morgan fingerprint density at radius 1 is 1.11 bits per heavy atom. The van der Waals surface area contributed by atoms with Crippen molar-refractivity contribution in [2.75, 3.05) is 26.6 Å². The van der Waals surface area contributed by atoms with Crippen molar-refractivity contribution < 1.29 is 22.7 Å². The summed E-state index contributed by atoms with van der Waals surface area (Å²) in [7, 11) is 0.895. The van der Waals surface area contributed by atoms with E-state index in [9.17, 15) is 13.2 Å². The lowest BCUT2D eigenvalue weighted by molar-refractivity contribution is -0.115. The van der Waals surface area contributed by atoms with Crippen molar-refractivity contribution in [2.45, 2.75) is 11.3 Å². The number of carbonyl (C=O) groups excluding carboxylic acids is 1. The fourth-order valence-electron chi connectivity index (χ4n) is 2.58. The molecule has 1 heterocycles. The zero-order valence-electron chi connectivity index (χ0n) is 15.5. The molecule has 10 heteroatoms. The van der Waals surface area contributed by atoms with E-state index >= 15 is 0 Å². The minimum Gasteiger partial charge on any atom is -0.493 e. The minimum absolute atomic E-state index is 0.135. The molecule has 0 atom stereocenters. The quantitative estimate of drug-likeness (QED) is 0.607. The number of ether oxygens (including phenoxy) is 2. The molecule has 0 bridgehead atoms. The van der Waals surface area contributed by atoms with Gasteiger partial charge in [0.25, 0.3) is 0 Å². The Morgan fingerprint density at radius 2 is 1.86 bits per heavy atom. The highest BCUT2D eigenvalue weighted by Crippen LogP contribution is 2.29. The second-order valence-electron chi connectivity index (χ2n) is 5.77. The number of carbonyl (C=O) groups is 1. The fourth-order valence-corrected chi connectivity index (χ4v) is 4.33. The first-order valence-corrected chi connectivity index (χ1v) is 10.5. The number of hydrogen-bond acceptors (Lipinski definition) is 7. The number of rotatable bonds is 7. The molecule has 148 valence electrons. The highest BCUT2D eigenvalue weighted by atomic mass is 32.2. The van der Waals surface area contributed by atoms with Gasteiger partial charge in [-0.2, -0.15) is 0 Å². The molecular formula is C18H19N3O5S2. The monoisotopic (exact) mass is 421 g/mol. The summed E-state index contributed by atoms with van der Waals surface area (Å²) in [6.45, 7) is 0. The fraction of sp³-hybridized carbons (Fsp3) is 0.222. The summed E-state index contributed by atoms with van der Waals surface area (Å²) in [5.74, 6) is 0.894. The van der Waals surface area contributed by atoms with Gasteiger partial charge in [0.2, 0.25) is 15.9 Å². The SMILES string of the molecule is CNS(=O)(=O)c1ccc2nc(NC(=O)Cc3ccc(OC)c(OC)c3)sc2c1. The third-order valence-corrected chi connectivity index (χ3v) is 6.34. The molecule has 0 aliphatic heterocycles. The summed E-state index contributed by atoms with van der Waals surface area (Å²) < 4.78 is 37.2. The molecule has 0 saturated carbocycles. The number of anilines is 1. The van der Waals surface area contributed by atoms with Crippen LogP contribution >= 0.6 is 11.3 Å². The number of methoxy groups -OCH3 is 2. The van der Waals surface area contributed by atoms with Crippen LogP contribution in [0.5, 0.6) is 11.5 Å². The van der Waals surface area contributed by atoms with Gasteiger partial charge in [0.15, 0.2) is 16.6 Å². The maximum Gasteiger partial charge on any atom is 0.240 e. The van der Waals surface area contributed by atoms with Gasteiger partial charge in [-0.05, 0) is 42.9 Å². The molecule has 0 radical (unpaired) electrons. The van der Waals surface area contributed by atoms with E-state index in [0.29, 0.717) is 26.8 Å². The molecule has 1 aromatic heterocycles. The molecule has 0 aliphatic rings. The van der Waals surface area contributed by atoms with Gasteiger partial charge in [-0.1, -0.05) is 17.4 Å². The van der Waals surface area contributed by atoms with Crippen LogP contribution in [-0.4, -0.2) is 40.6 Å². The van der Waals surface area contributed by atoms with Crippen LogP contribution in [0.15, 0.2) is 41.3 Å². The van der Waals surface area contributed by atoms with Gasteiger partial charge in [0.05, 0.1) is 35.8 Å². The van der Waals surface area contributed by atoms with E-state index in [2.05, 4.69) is 15.0 Å². The van der Waals surface area contributed by atoms with Gasteiger partial charge in [0.1, 0.15) is 0 Å². The molecule has 2 N–H and O–H groups in total. The third kappa shape index (κ3) is 4.24. The third-order valence-electron chi connectivity index (χ3n) is 4.00. The number of benzene rings is 2. The summed E-state index contributed by atoms with van der Waals surface area (Å²) >= 11 is 1.21. The second-order valence-corrected chi connectivity index (χ2v) is 8.69. The number of nitrogens with zero attached hydrogens (tertiary/aromatic N) is 1. The molecule has 28 heavy (non-hydrogen) atoms. The smallest absolute Gasteiger partial charge is 0.240 e. The molecule has 0 saturated heterocycles. The van der Waals surface area contributed by atoms with Crippen molar-refractivity contribution in [3.63, 3.8) is 0 Å². The van der Waals surface area contributed by atoms with Gasteiger partial charge < -0.3 is 14.8 Å². The first kappa shape index (κ1) is 20.1. The second kappa shape index (κ2) is 8.13. The Hall–Kier alpha value is -2.69. The average Bonchev–Trinajstić information content (AvgIpc) is 3.08. The van der Waals surface area contributed by atoms with Gasteiger partial charge >= 0.3 is 0 Å². The molecule has 1 amide bonds. The molecule has 3 aromatic rings. The molecule has 3 rings (SSSR count).